The molecule has 1 aromatic heterocycles. The van der Waals surface area contributed by atoms with E-state index in [0.717, 1.165) is 5.56 Å². The molecule has 0 radical (unpaired) electrons. The van der Waals surface area contributed by atoms with Crippen LogP contribution in [-0.2, 0) is 19.1 Å². The first-order valence-electron chi connectivity index (χ1n) is 9.15. The zero-order chi connectivity index (χ0) is 18.3. The summed E-state index contributed by atoms with van der Waals surface area (Å²) in [6.07, 6.45) is 7.52. The molecule has 1 saturated carbocycles. The molecule has 0 spiro atoms. The van der Waals surface area contributed by atoms with Crippen LogP contribution in [0.2, 0.25) is 0 Å². The van der Waals surface area contributed by atoms with Crippen LogP contribution < -0.4 is 0 Å². The van der Waals surface area contributed by atoms with Crippen molar-refractivity contribution in [3.63, 3.8) is 0 Å². The summed E-state index contributed by atoms with van der Waals surface area (Å²) >= 11 is 0. The summed E-state index contributed by atoms with van der Waals surface area (Å²) in [4.78, 5) is 25.2. The van der Waals surface area contributed by atoms with Gasteiger partial charge in [0.05, 0.1) is 18.4 Å². The van der Waals surface area contributed by atoms with Gasteiger partial charge < -0.3 is 19.0 Å². The first-order chi connectivity index (χ1) is 12.3. The lowest BCUT2D eigenvalue weighted by atomic mass is 9.42. The van der Waals surface area contributed by atoms with Gasteiger partial charge in [-0.3, -0.25) is 4.79 Å². The van der Waals surface area contributed by atoms with Crippen LogP contribution in [0.25, 0.3) is 0 Å². The fourth-order valence-corrected chi connectivity index (χ4v) is 6.16. The maximum Gasteiger partial charge on any atom is 0.343 e. The molecule has 0 amide bonds. The Balaban J connectivity index is 1.61. The number of hydrogen-bond donors (Lipinski definition) is 1. The van der Waals surface area contributed by atoms with Crippen LogP contribution in [-0.4, -0.2) is 28.8 Å². The number of furan rings is 1. The van der Waals surface area contributed by atoms with Gasteiger partial charge in [-0.05, 0) is 42.9 Å². The number of carbonyl (C=O) groups excluding carboxylic acids is 2. The van der Waals surface area contributed by atoms with E-state index in [1.807, 2.05) is 13.0 Å². The van der Waals surface area contributed by atoms with Gasteiger partial charge in [-0.2, -0.15) is 0 Å². The normalized spacial score (nSPS) is 49.2. The highest BCUT2D eigenvalue weighted by molar-refractivity contribution is 5.86. The van der Waals surface area contributed by atoms with Gasteiger partial charge in [0.2, 0.25) is 0 Å². The molecule has 2 bridgehead atoms. The zero-order valence-electron chi connectivity index (χ0n) is 14.8. The molecule has 1 N–H and O–H groups in total. The van der Waals surface area contributed by atoms with Crippen molar-refractivity contribution in [1.29, 1.82) is 0 Å². The third-order valence-electron chi connectivity index (χ3n) is 7.51. The molecule has 3 aliphatic heterocycles. The van der Waals surface area contributed by atoms with Gasteiger partial charge in [-0.15, -0.1) is 0 Å². The van der Waals surface area contributed by atoms with Crippen molar-refractivity contribution in [1.82, 2.24) is 0 Å². The van der Waals surface area contributed by atoms with Crippen molar-refractivity contribution in [2.75, 3.05) is 0 Å². The molecule has 7 atom stereocenters. The minimum absolute atomic E-state index is 0.149. The lowest BCUT2D eigenvalue weighted by Gasteiger charge is -2.65. The van der Waals surface area contributed by atoms with Crippen molar-refractivity contribution in [3.05, 3.63) is 36.3 Å². The fraction of sp³-hybridized carbons (Fsp3) is 0.600. The molecule has 2 aliphatic carbocycles. The topological polar surface area (TPSA) is 86.0 Å². The Morgan fingerprint density at radius 1 is 1.23 bits per heavy atom. The fourth-order valence-electron chi connectivity index (χ4n) is 6.16. The minimum Gasteiger partial charge on any atom is -0.472 e. The van der Waals surface area contributed by atoms with E-state index in [0.29, 0.717) is 19.3 Å². The largest absolute Gasteiger partial charge is 0.472 e. The van der Waals surface area contributed by atoms with Gasteiger partial charge in [0.15, 0.2) is 5.60 Å². The van der Waals surface area contributed by atoms with E-state index < -0.39 is 28.5 Å². The van der Waals surface area contributed by atoms with Gasteiger partial charge >= 0.3 is 11.9 Å². The van der Waals surface area contributed by atoms with Crippen LogP contribution in [0.15, 0.2) is 35.2 Å². The van der Waals surface area contributed by atoms with Crippen LogP contribution in [0.4, 0.5) is 0 Å². The number of esters is 2. The van der Waals surface area contributed by atoms with Crippen LogP contribution >= 0.6 is 0 Å². The molecule has 3 fully saturated rings. The average Bonchev–Trinajstić information content (AvgIpc) is 3.10. The quantitative estimate of drug-likeness (QED) is 0.613. The lowest BCUT2D eigenvalue weighted by molar-refractivity contribution is -0.259. The van der Waals surface area contributed by atoms with Crippen LogP contribution in [0.5, 0.6) is 0 Å². The van der Waals surface area contributed by atoms with Crippen LogP contribution in [0, 0.1) is 22.7 Å². The number of aliphatic hydroxyl groups is 1. The average molecular weight is 358 g/mol. The number of rotatable bonds is 1. The predicted molar refractivity (Wildman–Crippen MR) is 88.6 cm³/mol. The molecule has 6 rings (SSSR count). The standard InChI is InChI=1S/C20H22O6/c1-18-9-14(11-5-8-24-10-11)25-16(21)12(18)3-6-19(2)15(18)13-4-7-20(19,23)17(22)26-13/h4-5,7-8,10,12-15,23H,3,6,9H2,1-2H3/t12-,13+,14-,15-,18+,19+,20+/m1/s1. The third kappa shape index (κ3) is 1.71. The third-order valence-corrected chi connectivity index (χ3v) is 7.51. The Kier molecular flexibility index (Phi) is 2.97. The minimum atomic E-state index is -1.63. The van der Waals surface area contributed by atoms with Gasteiger partial charge in [-0.1, -0.05) is 13.8 Å². The molecule has 6 heteroatoms. The Labute approximate surface area is 151 Å². The highest BCUT2D eigenvalue weighted by Crippen LogP contribution is 2.67. The first kappa shape index (κ1) is 16.1. The van der Waals surface area contributed by atoms with E-state index in [-0.39, 0.29) is 23.9 Å². The zero-order valence-corrected chi connectivity index (χ0v) is 14.8. The van der Waals surface area contributed by atoms with Gasteiger partial charge in [0.25, 0.3) is 0 Å². The summed E-state index contributed by atoms with van der Waals surface area (Å²) in [5.74, 6) is -1.20. The Bertz CT molecular complexity index is 812. The molecule has 1 aromatic rings. The molecule has 2 saturated heterocycles. The van der Waals surface area contributed by atoms with E-state index in [9.17, 15) is 14.7 Å². The molecule has 26 heavy (non-hydrogen) atoms. The Hall–Kier alpha value is -2.08. The van der Waals surface area contributed by atoms with Crippen molar-refractivity contribution in [3.8, 4) is 0 Å². The van der Waals surface area contributed by atoms with Gasteiger partial charge in [0.1, 0.15) is 12.2 Å². The van der Waals surface area contributed by atoms with E-state index in [1.54, 1.807) is 24.7 Å². The summed E-state index contributed by atoms with van der Waals surface area (Å²) in [5, 5.41) is 11.2. The summed E-state index contributed by atoms with van der Waals surface area (Å²) in [7, 11) is 0. The molecule has 5 aliphatic rings. The monoisotopic (exact) mass is 358 g/mol. The highest BCUT2D eigenvalue weighted by atomic mass is 16.6. The number of hydrogen-bond acceptors (Lipinski definition) is 6. The second-order valence-electron chi connectivity index (χ2n) is 8.67. The molecule has 4 heterocycles. The van der Waals surface area contributed by atoms with E-state index in [2.05, 4.69) is 6.92 Å². The number of ether oxygens (including phenoxy) is 2. The van der Waals surface area contributed by atoms with Crippen molar-refractivity contribution in [2.45, 2.75) is 50.9 Å². The summed E-state index contributed by atoms with van der Waals surface area (Å²) < 4.78 is 16.4. The Morgan fingerprint density at radius 2 is 2.04 bits per heavy atom. The number of cyclic esters (lactones) is 1. The van der Waals surface area contributed by atoms with Crippen LogP contribution in [0.3, 0.4) is 0 Å². The smallest absolute Gasteiger partial charge is 0.343 e. The second-order valence-corrected chi connectivity index (χ2v) is 8.67. The van der Waals surface area contributed by atoms with Crippen molar-refractivity contribution >= 4 is 11.9 Å². The van der Waals surface area contributed by atoms with Crippen molar-refractivity contribution in [2.24, 2.45) is 22.7 Å². The van der Waals surface area contributed by atoms with E-state index in [4.69, 9.17) is 13.9 Å². The molecular formula is C20H22O6. The van der Waals surface area contributed by atoms with Gasteiger partial charge in [-0.25, -0.2) is 4.79 Å². The highest BCUT2D eigenvalue weighted by Gasteiger charge is 2.72. The predicted octanol–water partition coefficient (Wildman–Crippen LogP) is 2.53. The summed E-state index contributed by atoms with van der Waals surface area (Å²) in [5.41, 5.74) is -1.91. The SMILES string of the molecule is C[C@]12C[C@H](c3ccoc3)OC(=O)[C@H]1CC[C@@]1(C)[C@@H]2[C@@H]2C=C[C@]1(O)C(=O)O2. The molecule has 138 valence electrons. The summed E-state index contributed by atoms with van der Waals surface area (Å²) in [6.45, 7) is 4.04. The van der Waals surface area contributed by atoms with Crippen LogP contribution in [0.1, 0.15) is 44.8 Å². The maximum absolute atomic E-state index is 12.8. The maximum atomic E-state index is 12.8. The van der Waals surface area contributed by atoms with E-state index in [1.165, 1.54) is 0 Å². The lowest BCUT2D eigenvalue weighted by Crippen LogP contribution is -2.72. The molecule has 6 nitrogen and oxygen atoms in total. The Morgan fingerprint density at radius 3 is 2.73 bits per heavy atom. The molecular weight excluding hydrogens is 336 g/mol. The first-order valence-corrected chi connectivity index (χ1v) is 9.15. The van der Waals surface area contributed by atoms with Crippen molar-refractivity contribution < 1.29 is 28.6 Å². The number of carbonyl (C=O) groups is 2. The number of fused-ring (bicyclic) bond motifs is 2. The summed E-state index contributed by atoms with van der Waals surface area (Å²) in [6, 6.07) is 1.81. The second kappa shape index (κ2) is 4.80. The van der Waals surface area contributed by atoms with E-state index >= 15 is 0 Å². The van der Waals surface area contributed by atoms with Gasteiger partial charge in [0, 0.05) is 16.9 Å². The molecule has 0 unspecified atom stereocenters. The molecule has 0 aromatic carbocycles.